The van der Waals surface area contributed by atoms with Crippen molar-refractivity contribution in [2.75, 3.05) is 0 Å². The van der Waals surface area contributed by atoms with Gasteiger partial charge in [0.25, 0.3) is 0 Å². The lowest BCUT2D eigenvalue weighted by Crippen LogP contribution is -2.01. The Bertz CT molecular complexity index is 534. The number of furan rings is 1. The van der Waals surface area contributed by atoms with Crippen LogP contribution in [-0.4, -0.2) is 11.1 Å². The number of carbonyl (C=O) groups is 1. The van der Waals surface area contributed by atoms with Gasteiger partial charge in [0.15, 0.2) is 0 Å². The zero-order valence-electron chi connectivity index (χ0n) is 9.43. The van der Waals surface area contributed by atoms with E-state index in [1.807, 2.05) is 0 Å². The summed E-state index contributed by atoms with van der Waals surface area (Å²) in [6.45, 7) is 0.206. The van der Waals surface area contributed by atoms with Crippen molar-refractivity contribution < 1.29 is 23.4 Å². The maximum Gasteiger partial charge on any atom is 0.335 e. The summed E-state index contributed by atoms with van der Waals surface area (Å²) in [7, 11) is 0. The van der Waals surface area contributed by atoms with Crippen LogP contribution in [0.4, 0.5) is 4.39 Å². The molecular weight excluding hydrogens is 239 g/mol. The van der Waals surface area contributed by atoms with Crippen molar-refractivity contribution in [2.24, 2.45) is 0 Å². The molecule has 2 rings (SSSR count). The molecule has 0 fully saturated rings. The number of benzene rings is 1. The summed E-state index contributed by atoms with van der Waals surface area (Å²) in [5, 5.41) is 8.80. The fourth-order valence-electron chi connectivity index (χ4n) is 1.47. The first kappa shape index (κ1) is 12.3. The summed E-state index contributed by atoms with van der Waals surface area (Å²) in [4.78, 5) is 10.7. The molecule has 0 unspecified atom stereocenters. The van der Waals surface area contributed by atoms with Crippen LogP contribution in [0.25, 0.3) is 0 Å². The smallest absolute Gasteiger partial charge is 0.335 e. The molecule has 0 saturated carbocycles. The molecular formula is C13H11FO4. The van der Waals surface area contributed by atoms with Crippen LogP contribution in [0, 0.1) is 5.82 Å². The molecule has 18 heavy (non-hydrogen) atoms. The minimum Gasteiger partial charge on any atom is -0.478 e. The normalized spacial score (nSPS) is 10.5. The largest absolute Gasteiger partial charge is 0.478 e. The average molecular weight is 250 g/mol. The van der Waals surface area contributed by atoms with Gasteiger partial charge in [0.2, 0.25) is 0 Å². The minimum atomic E-state index is -1.10. The minimum absolute atomic E-state index is 0.00630. The first-order chi connectivity index (χ1) is 8.66. The predicted molar refractivity (Wildman–Crippen MR) is 60.6 cm³/mol. The predicted octanol–water partition coefficient (Wildman–Crippen LogP) is 2.83. The second kappa shape index (κ2) is 5.46. The summed E-state index contributed by atoms with van der Waals surface area (Å²) in [5.41, 5.74) is 0.245. The summed E-state index contributed by atoms with van der Waals surface area (Å²) in [6, 6.07) is 7.07. The Kier molecular flexibility index (Phi) is 3.74. The maximum atomic E-state index is 13.4. The molecule has 94 valence electrons. The number of ether oxygens (including phenoxy) is 1. The standard InChI is InChI=1S/C13H11FO4/c14-12-4-3-9(13(15)16)6-10(12)7-17-8-11-2-1-5-18-11/h1-6H,7-8H2,(H,15,16). The Morgan fingerprint density at radius 2 is 2.17 bits per heavy atom. The van der Waals surface area contributed by atoms with E-state index >= 15 is 0 Å². The van der Waals surface area contributed by atoms with E-state index in [1.165, 1.54) is 18.4 Å². The number of halogens is 1. The lowest BCUT2D eigenvalue weighted by Gasteiger charge is -2.05. The second-order valence-corrected chi connectivity index (χ2v) is 3.68. The molecule has 1 heterocycles. The van der Waals surface area contributed by atoms with Crippen molar-refractivity contribution in [1.82, 2.24) is 0 Å². The third-order valence-electron chi connectivity index (χ3n) is 2.37. The molecule has 4 nitrogen and oxygen atoms in total. The van der Waals surface area contributed by atoms with Crippen LogP contribution >= 0.6 is 0 Å². The molecule has 1 N–H and O–H groups in total. The highest BCUT2D eigenvalue weighted by atomic mass is 19.1. The lowest BCUT2D eigenvalue weighted by molar-refractivity contribution is 0.0695. The molecule has 1 aromatic heterocycles. The first-order valence-electron chi connectivity index (χ1n) is 5.28. The maximum absolute atomic E-state index is 13.4. The molecule has 2 aromatic rings. The first-order valence-corrected chi connectivity index (χ1v) is 5.28. The van der Waals surface area contributed by atoms with E-state index in [0.717, 1.165) is 6.07 Å². The van der Waals surface area contributed by atoms with E-state index in [4.69, 9.17) is 14.3 Å². The molecule has 0 bridgehead atoms. The van der Waals surface area contributed by atoms with Gasteiger partial charge in [0.1, 0.15) is 18.2 Å². The molecule has 0 radical (unpaired) electrons. The Morgan fingerprint density at radius 3 is 2.83 bits per heavy atom. The SMILES string of the molecule is O=C(O)c1ccc(F)c(COCc2ccco2)c1. The van der Waals surface area contributed by atoms with Gasteiger partial charge in [0, 0.05) is 5.56 Å². The number of aromatic carboxylic acids is 1. The van der Waals surface area contributed by atoms with Gasteiger partial charge in [-0.1, -0.05) is 0 Å². The second-order valence-electron chi connectivity index (χ2n) is 3.68. The Morgan fingerprint density at radius 1 is 1.33 bits per heavy atom. The van der Waals surface area contributed by atoms with Crippen LogP contribution in [0.2, 0.25) is 0 Å². The molecule has 0 atom stereocenters. The fraction of sp³-hybridized carbons (Fsp3) is 0.154. The van der Waals surface area contributed by atoms with Crippen LogP contribution in [0.1, 0.15) is 21.7 Å². The fourth-order valence-corrected chi connectivity index (χ4v) is 1.47. The van der Waals surface area contributed by atoms with Gasteiger partial charge in [-0.2, -0.15) is 0 Å². The summed E-state index contributed by atoms with van der Waals surface area (Å²) >= 11 is 0. The van der Waals surface area contributed by atoms with E-state index < -0.39 is 11.8 Å². The average Bonchev–Trinajstić information content (AvgIpc) is 2.84. The number of rotatable bonds is 5. The van der Waals surface area contributed by atoms with Gasteiger partial charge in [-0.15, -0.1) is 0 Å². The van der Waals surface area contributed by atoms with Crippen LogP contribution in [0.3, 0.4) is 0 Å². The highest BCUT2D eigenvalue weighted by Crippen LogP contribution is 2.13. The highest BCUT2D eigenvalue weighted by Gasteiger charge is 2.08. The molecule has 0 aliphatic rings. The van der Waals surface area contributed by atoms with Gasteiger partial charge in [0.05, 0.1) is 18.4 Å². The van der Waals surface area contributed by atoms with E-state index in [9.17, 15) is 9.18 Å². The van der Waals surface area contributed by atoms with E-state index in [1.54, 1.807) is 12.1 Å². The molecule has 0 aliphatic heterocycles. The molecule has 1 aromatic carbocycles. The third kappa shape index (κ3) is 2.95. The number of carboxylic acid groups (broad SMARTS) is 1. The monoisotopic (exact) mass is 250 g/mol. The molecule has 0 amide bonds. The van der Waals surface area contributed by atoms with Crippen LogP contribution in [-0.2, 0) is 18.0 Å². The van der Waals surface area contributed by atoms with Crippen molar-refractivity contribution in [1.29, 1.82) is 0 Å². The van der Waals surface area contributed by atoms with E-state index in [-0.39, 0.29) is 24.3 Å². The zero-order chi connectivity index (χ0) is 13.0. The summed E-state index contributed by atoms with van der Waals surface area (Å²) in [5.74, 6) is -0.952. The topological polar surface area (TPSA) is 59.7 Å². The highest BCUT2D eigenvalue weighted by molar-refractivity contribution is 5.87. The van der Waals surface area contributed by atoms with Crippen LogP contribution in [0.15, 0.2) is 41.0 Å². The zero-order valence-corrected chi connectivity index (χ0v) is 9.43. The molecule has 0 spiro atoms. The van der Waals surface area contributed by atoms with E-state index in [0.29, 0.717) is 5.76 Å². The van der Waals surface area contributed by atoms with Crippen molar-refractivity contribution >= 4 is 5.97 Å². The van der Waals surface area contributed by atoms with Crippen molar-refractivity contribution in [3.05, 3.63) is 59.3 Å². The number of hydrogen-bond donors (Lipinski definition) is 1. The van der Waals surface area contributed by atoms with Crippen LogP contribution < -0.4 is 0 Å². The quantitative estimate of drug-likeness (QED) is 0.886. The van der Waals surface area contributed by atoms with Gasteiger partial charge >= 0.3 is 5.97 Å². The lowest BCUT2D eigenvalue weighted by atomic mass is 10.1. The van der Waals surface area contributed by atoms with Gasteiger partial charge in [-0.05, 0) is 30.3 Å². The van der Waals surface area contributed by atoms with Gasteiger partial charge < -0.3 is 14.3 Å². The number of hydrogen-bond acceptors (Lipinski definition) is 3. The third-order valence-corrected chi connectivity index (χ3v) is 2.37. The van der Waals surface area contributed by atoms with Gasteiger partial charge in [-0.3, -0.25) is 0 Å². The van der Waals surface area contributed by atoms with Crippen molar-refractivity contribution in [3.63, 3.8) is 0 Å². The van der Waals surface area contributed by atoms with Gasteiger partial charge in [-0.25, -0.2) is 9.18 Å². The Labute approximate surface area is 103 Å². The van der Waals surface area contributed by atoms with Crippen molar-refractivity contribution in [3.8, 4) is 0 Å². The summed E-state index contributed by atoms with van der Waals surface area (Å²) < 4.78 is 23.7. The Balaban J connectivity index is 2.00. The molecule has 0 aliphatic carbocycles. The van der Waals surface area contributed by atoms with E-state index in [2.05, 4.69) is 0 Å². The summed E-state index contributed by atoms with van der Waals surface area (Å²) in [6.07, 6.45) is 1.52. The van der Waals surface area contributed by atoms with Crippen LogP contribution in [0.5, 0.6) is 0 Å². The Hall–Kier alpha value is -2.14. The number of carboxylic acids is 1. The molecule has 5 heteroatoms. The van der Waals surface area contributed by atoms with Crippen molar-refractivity contribution in [2.45, 2.75) is 13.2 Å². The molecule has 0 saturated heterocycles.